The molecule has 15 heavy (non-hydrogen) atoms. The molecule has 0 aliphatic heterocycles. The molecule has 0 aromatic rings. The Morgan fingerprint density at radius 2 is 1.40 bits per heavy atom. The van der Waals surface area contributed by atoms with Crippen LogP contribution in [-0.4, -0.2) is 0 Å². The van der Waals surface area contributed by atoms with Crippen LogP contribution in [0.4, 0.5) is 0 Å². The van der Waals surface area contributed by atoms with Gasteiger partial charge in [0.05, 0.1) is 0 Å². The lowest BCUT2D eigenvalue weighted by Gasteiger charge is -2.02. The summed E-state index contributed by atoms with van der Waals surface area (Å²) >= 11 is 0. The van der Waals surface area contributed by atoms with E-state index in [0.29, 0.717) is 5.92 Å². The smallest absolute Gasteiger partial charge is 0.0222 e. The fraction of sp³-hybridized carbons (Fsp3) is 0.600. The van der Waals surface area contributed by atoms with Crippen molar-refractivity contribution in [3.63, 3.8) is 0 Å². The Morgan fingerprint density at radius 3 is 1.40 bits per heavy atom. The largest absolute Gasteiger partial charge is 0.106 e. The van der Waals surface area contributed by atoms with Gasteiger partial charge in [-0.25, -0.2) is 0 Å². The number of rotatable bonds is 2. The van der Waals surface area contributed by atoms with Crippen LogP contribution in [0.25, 0.3) is 0 Å². The fourth-order valence-corrected chi connectivity index (χ4v) is 0.687. The molecule has 0 N–H and O–H groups in total. The van der Waals surface area contributed by atoms with Crippen molar-refractivity contribution >= 4 is 0 Å². The molecular weight excluding hydrogens is 180 g/mol. The molecule has 0 aromatic carbocycles. The zero-order valence-corrected chi connectivity index (χ0v) is 12.1. The molecule has 0 rings (SSSR count). The van der Waals surface area contributed by atoms with E-state index < -0.39 is 0 Å². The van der Waals surface area contributed by atoms with Gasteiger partial charge in [0.15, 0.2) is 0 Å². The molecule has 0 aromatic heterocycles. The van der Waals surface area contributed by atoms with Crippen molar-refractivity contribution in [2.75, 3.05) is 0 Å². The van der Waals surface area contributed by atoms with Gasteiger partial charge >= 0.3 is 0 Å². The van der Waals surface area contributed by atoms with E-state index in [4.69, 9.17) is 0 Å². The standard InChI is InChI=1S/C8H14.C3H8.C2H6.C2H4/c1-5-8(6-2)7(3)4;1-3-2;2*1-2/h5-7H,1H2,2-4H3;3H2,1-2H3;1-2H3;1-2H2/b8-6+;;;. The maximum Gasteiger partial charge on any atom is -0.0222 e. The summed E-state index contributed by atoms with van der Waals surface area (Å²) in [5, 5.41) is 0. The average Bonchev–Trinajstić information content (AvgIpc) is 2.26. The minimum absolute atomic E-state index is 0.623. The molecule has 0 aliphatic carbocycles. The Labute approximate surface area is 98.8 Å². The van der Waals surface area contributed by atoms with Gasteiger partial charge in [0.25, 0.3) is 0 Å². The Hall–Kier alpha value is -0.780. The van der Waals surface area contributed by atoms with E-state index in [1.165, 1.54) is 12.0 Å². The van der Waals surface area contributed by atoms with Crippen molar-refractivity contribution in [1.29, 1.82) is 0 Å². The van der Waals surface area contributed by atoms with Crippen LogP contribution in [-0.2, 0) is 0 Å². The highest BCUT2D eigenvalue weighted by atomic mass is 14.0. The average molecular weight is 212 g/mol. The quantitative estimate of drug-likeness (QED) is 0.388. The van der Waals surface area contributed by atoms with Crippen LogP contribution in [0.2, 0.25) is 0 Å². The molecular formula is C15H32. The number of allylic oxidation sites excluding steroid dienone is 3. The number of hydrogen-bond donors (Lipinski definition) is 0. The van der Waals surface area contributed by atoms with E-state index in [1.807, 2.05) is 26.8 Å². The van der Waals surface area contributed by atoms with Crippen molar-refractivity contribution < 1.29 is 0 Å². The highest BCUT2D eigenvalue weighted by Gasteiger charge is 1.93. The van der Waals surface area contributed by atoms with Gasteiger partial charge in [-0.2, -0.15) is 0 Å². The fourth-order valence-electron chi connectivity index (χ4n) is 0.687. The first-order chi connectivity index (χ1) is 7.13. The van der Waals surface area contributed by atoms with Gasteiger partial charge < -0.3 is 0 Å². The summed E-state index contributed by atoms with van der Waals surface area (Å²) in [6.45, 7) is 24.3. The molecule has 0 fully saturated rings. The maximum atomic E-state index is 3.68. The van der Waals surface area contributed by atoms with Gasteiger partial charge in [0.2, 0.25) is 0 Å². The van der Waals surface area contributed by atoms with Crippen molar-refractivity contribution in [1.82, 2.24) is 0 Å². The second kappa shape index (κ2) is 29.2. The zero-order chi connectivity index (χ0) is 13.3. The Morgan fingerprint density at radius 1 is 1.13 bits per heavy atom. The van der Waals surface area contributed by atoms with Crippen molar-refractivity contribution in [2.24, 2.45) is 5.92 Å². The highest BCUT2D eigenvalue weighted by Crippen LogP contribution is 2.08. The minimum atomic E-state index is 0.623. The summed E-state index contributed by atoms with van der Waals surface area (Å²) in [6, 6.07) is 0. The summed E-state index contributed by atoms with van der Waals surface area (Å²) in [5.74, 6) is 0.623. The molecule has 0 heteroatoms. The van der Waals surface area contributed by atoms with Gasteiger partial charge in [-0.15, -0.1) is 13.2 Å². The predicted octanol–water partition coefficient (Wildman–Crippen LogP) is 6.02. The third-order valence-corrected chi connectivity index (χ3v) is 1.24. The maximum absolute atomic E-state index is 3.68. The van der Waals surface area contributed by atoms with Gasteiger partial charge in [0.1, 0.15) is 0 Å². The molecule has 0 radical (unpaired) electrons. The third kappa shape index (κ3) is 31.9. The summed E-state index contributed by atoms with van der Waals surface area (Å²) in [4.78, 5) is 0. The molecule has 0 saturated carbocycles. The van der Waals surface area contributed by atoms with E-state index in [9.17, 15) is 0 Å². The van der Waals surface area contributed by atoms with Gasteiger partial charge in [0, 0.05) is 0 Å². The molecule has 0 bridgehead atoms. The molecule has 0 aliphatic rings. The molecule has 0 atom stereocenters. The van der Waals surface area contributed by atoms with Crippen LogP contribution in [0.15, 0.2) is 37.5 Å². The Balaban J connectivity index is -0.0000000726. The van der Waals surface area contributed by atoms with Crippen molar-refractivity contribution in [2.45, 2.75) is 54.9 Å². The topological polar surface area (TPSA) is 0 Å². The van der Waals surface area contributed by atoms with E-state index in [-0.39, 0.29) is 0 Å². The first kappa shape index (κ1) is 23.8. The van der Waals surface area contributed by atoms with E-state index in [0.717, 1.165) is 0 Å². The molecule has 0 nitrogen and oxygen atoms in total. The summed E-state index contributed by atoms with van der Waals surface area (Å²) in [5.41, 5.74) is 1.32. The Bertz CT molecular complexity index is 118. The summed E-state index contributed by atoms with van der Waals surface area (Å²) < 4.78 is 0. The van der Waals surface area contributed by atoms with E-state index in [1.54, 1.807) is 0 Å². The lowest BCUT2D eigenvalue weighted by molar-refractivity contribution is 0.790. The lowest BCUT2D eigenvalue weighted by atomic mass is 10.0. The number of hydrogen-bond acceptors (Lipinski definition) is 0. The molecule has 0 spiro atoms. The van der Waals surface area contributed by atoms with Crippen molar-refractivity contribution in [3.05, 3.63) is 37.5 Å². The van der Waals surface area contributed by atoms with E-state index in [2.05, 4.69) is 53.5 Å². The summed E-state index contributed by atoms with van der Waals surface area (Å²) in [7, 11) is 0. The predicted molar refractivity (Wildman–Crippen MR) is 77.4 cm³/mol. The summed E-state index contributed by atoms with van der Waals surface area (Å²) in [6.07, 6.45) is 5.25. The highest BCUT2D eigenvalue weighted by molar-refractivity contribution is 5.16. The van der Waals surface area contributed by atoms with Crippen molar-refractivity contribution in [3.8, 4) is 0 Å². The minimum Gasteiger partial charge on any atom is -0.106 e. The lowest BCUT2D eigenvalue weighted by Crippen LogP contribution is -1.87. The first-order valence-electron chi connectivity index (χ1n) is 5.92. The SMILES string of the molecule is C=C.C=C/C(=C\C)C(C)C.CC.CCC. The molecule has 0 amide bonds. The first-order valence-corrected chi connectivity index (χ1v) is 5.92. The second-order valence-electron chi connectivity index (χ2n) is 2.85. The Kier molecular flexibility index (Phi) is 46.3. The van der Waals surface area contributed by atoms with Gasteiger partial charge in [-0.3, -0.25) is 0 Å². The van der Waals surface area contributed by atoms with Crippen LogP contribution in [0.5, 0.6) is 0 Å². The van der Waals surface area contributed by atoms with E-state index >= 15 is 0 Å². The van der Waals surface area contributed by atoms with Gasteiger partial charge in [-0.1, -0.05) is 72.3 Å². The van der Waals surface area contributed by atoms with Crippen LogP contribution >= 0.6 is 0 Å². The second-order valence-corrected chi connectivity index (χ2v) is 2.85. The normalized spacial score (nSPS) is 8.40. The van der Waals surface area contributed by atoms with Gasteiger partial charge in [-0.05, 0) is 12.8 Å². The molecule has 0 heterocycles. The monoisotopic (exact) mass is 212 g/mol. The molecule has 0 saturated heterocycles. The van der Waals surface area contributed by atoms with Crippen LogP contribution in [0.1, 0.15) is 54.9 Å². The van der Waals surface area contributed by atoms with Crippen LogP contribution < -0.4 is 0 Å². The van der Waals surface area contributed by atoms with Crippen LogP contribution in [0, 0.1) is 5.92 Å². The molecule has 92 valence electrons. The zero-order valence-electron chi connectivity index (χ0n) is 12.1. The third-order valence-electron chi connectivity index (χ3n) is 1.24. The van der Waals surface area contributed by atoms with Crippen LogP contribution in [0.3, 0.4) is 0 Å². The molecule has 0 unspecified atom stereocenters.